The first-order valence-corrected chi connectivity index (χ1v) is 13.8. The molecule has 1 rings (SSSR count). The van der Waals surface area contributed by atoms with E-state index in [9.17, 15) is 0 Å². The molecule has 0 amide bonds. The summed E-state index contributed by atoms with van der Waals surface area (Å²) in [5.41, 5.74) is 3.54. The van der Waals surface area contributed by atoms with Gasteiger partial charge in [0.1, 0.15) is 0 Å². The number of anilines is 1. The Kier molecular flexibility index (Phi) is 20.6. The summed E-state index contributed by atoms with van der Waals surface area (Å²) >= 11 is 24.1. The van der Waals surface area contributed by atoms with E-state index < -0.39 is 0 Å². The molecule has 0 unspecified atom stereocenters. The molecule has 0 N–H and O–H groups in total. The second-order valence-corrected chi connectivity index (χ2v) is 12.6. The van der Waals surface area contributed by atoms with Crippen LogP contribution >= 0.6 is 23.5 Å². The average molecular weight is 577 g/mol. The van der Waals surface area contributed by atoms with Crippen molar-refractivity contribution in [3.8, 4) is 0 Å². The van der Waals surface area contributed by atoms with Gasteiger partial charge in [-0.1, -0.05) is 59.2 Å². The molecule has 8 heteroatoms. The van der Waals surface area contributed by atoms with Crippen molar-refractivity contribution in [3.05, 3.63) is 43.2 Å². The number of aryl methyl sites for hydroxylation is 1. The van der Waals surface area contributed by atoms with E-state index in [1.807, 2.05) is 0 Å². The van der Waals surface area contributed by atoms with Crippen LogP contribution in [0.25, 0.3) is 4.91 Å². The van der Waals surface area contributed by atoms with Crippen LogP contribution in [-0.4, -0.2) is 23.6 Å². The van der Waals surface area contributed by atoms with E-state index in [0.717, 1.165) is 44.9 Å². The first-order chi connectivity index (χ1) is 14.1. The standard InChI is InChI=1S/C15H23NS2.C8H16S4.Ni/c1-4-8-16(9-5-2)14-7-6-12(3)10-13(14)15(18)11-17;1-5(2)11-7(9)8(10)12-6(3)4;/h6-7,10-11,17-18H,4-5,8-9H2,1-3H3;5-6,9-10H,1-4H3;/p-4/b15-11-;8-7-;. The molecule has 0 radical (unpaired) electrons. The third-order valence-electron chi connectivity index (χ3n) is 3.70. The van der Waals surface area contributed by atoms with E-state index in [1.54, 1.807) is 28.9 Å². The van der Waals surface area contributed by atoms with Gasteiger partial charge in [-0.05, 0) is 31.4 Å². The molecule has 0 aromatic heterocycles. The molecule has 31 heavy (non-hydrogen) atoms. The van der Waals surface area contributed by atoms with Gasteiger partial charge in [0.05, 0.1) is 0 Å². The summed E-state index contributed by atoms with van der Waals surface area (Å²) in [6, 6.07) is 6.45. The molecule has 0 atom stereocenters. The molecule has 1 nitrogen and oxygen atoms in total. The van der Waals surface area contributed by atoms with E-state index in [-0.39, 0.29) is 16.5 Å². The number of hydrogen-bond acceptors (Lipinski definition) is 7. The molecule has 0 heterocycles. The largest absolute Gasteiger partial charge is 0.789 e. The van der Waals surface area contributed by atoms with Gasteiger partial charge in [0, 0.05) is 45.8 Å². The zero-order chi connectivity index (χ0) is 23.3. The van der Waals surface area contributed by atoms with Gasteiger partial charge >= 0.3 is 0 Å². The van der Waals surface area contributed by atoms with E-state index in [0.29, 0.717) is 10.5 Å². The van der Waals surface area contributed by atoms with E-state index in [4.69, 9.17) is 50.5 Å². The Morgan fingerprint density at radius 3 is 1.74 bits per heavy atom. The number of thioether (sulfide) groups is 2. The molecular formula is C23H35NNiS6-4. The molecule has 1 aromatic rings. The summed E-state index contributed by atoms with van der Waals surface area (Å²) in [6.07, 6.45) is 2.27. The van der Waals surface area contributed by atoms with Crippen LogP contribution in [0.3, 0.4) is 0 Å². The van der Waals surface area contributed by atoms with Crippen molar-refractivity contribution in [1.29, 1.82) is 0 Å². The molecule has 0 spiro atoms. The van der Waals surface area contributed by atoms with Crippen LogP contribution in [0.15, 0.2) is 32.1 Å². The first-order valence-electron chi connectivity index (χ1n) is 10.3. The monoisotopic (exact) mass is 575 g/mol. The Balaban J connectivity index is 0. The maximum absolute atomic E-state index is 5.37. The topological polar surface area (TPSA) is 3.24 Å². The van der Waals surface area contributed by atoms with Gasteiger partial charge < -0.3 is 55.4 Å². The van der Waals surface area contributed by atoms with Crippen molar-refractivity contribution >= 4 is 84.6 Å². The van der Waals surface area contributed by atoms with Crippen LogP contribution in [0.4, 0.5) is 5.69 Å². The molecule has 0 saturated heterocycles. The summed E-state index contributed by atoms with van der Waals surface area (Å²) in [4.78, 5) is 3.17. The Morgan fingerprint density at radius 1 is 0.935 bits per heavy atom. The maximum Gasteiger partial charge on any atom is 0.0424 e. The molecule has 0 aliphatic carbocycles. The third-order valence-corrected chi connectivity index (χ3v) is 7.71. The SMILES string of the molecule is CC(C)S/C([S-])=C(/[S-])SC(C)C.CCCN(CCC)c1ccc(C)cc1/C([S-])=C/[S-].[Ni]. The van der Waals surface area contributed by atoms with Gasteiger partial charge in [0.15, 0.2) is 0 Å². The summed E-state index contributed by atoms with van der Waals surface area (Å²) < 4.78 is 1.75. The average Bonchev–Trinajstić information content (AvgIpc) is 2.66. The van der Waals surface area contributed by atoms with E-state index >= 15 is 0 Å². The molecular weight excluding hydrogens is 541 g/mol. The van der Waals surface area contributed by atoms with Crippen LogP contribution in [0.1, 0.15) is 65.5 Å². The van der Waals surface area contributed by atoms with E-state index in [1.165, 1.54) is 11.3 Å². The zero-order valence-electron chi connectivity index (χ0n) is 19.5. The van der Waals surface area contributed by atoms with Gasteiger partial charge in [-0.25, -0.2) is 5.41 Å². The van der Waals surface area contributed by atoms with Crippen molar-refractivity contribution in [3.63, 3.8) is 0 Å². The number of rotatable bonds is 10. The third kappa shape index (κ3) is 14.4. The summed E-state index contributed by atoms with van der Waals surface area (Å²) in [5, 5.41) is 2.66. The summed E-state index contributed by atoms with van der Waals surface area (Å²) in [6.45, 7) is 17.1. The van der Waals surface area contributed by atoms with Crippen LogP contribution in [0, 0.1) is 6.92 Å². The second kappa shape index (κ2) is 18.9. The Hall–Kier alpha value is 0.574. The Morgan fingerprint density at radius 2 is 1.39 bits per heavy atom. The van der Waals surface area contributed by atoms with Gasteiger partial charge in [-0.2, -0.15) is 36.9 Å². The minimum absolute atomic E-state index is 0. The van der Waals surface area contributed by atoms with Crippen LogP contribution in [0.5, 0.6) is 0 Å². The number of hydrogen-bond donors (Lipinski definition) is 0. The molecule has 0 fully saturated rings. The Labute approximate surface area is 232 Å². The number of benzene rings is 1. The summed E-state index contributed by atoms with van der Waals surface area (Å²) in [7, 11) is 0. The van der Waals surface area contributed by atoms with Gasteiger partial charge in [-0.15, -0.1) is 0 Å². The molecule has 0 aliphatic heterocycles. The predicted octanol–water partition coefficient (Wildman–Crippen LogP) is 7.50. The minimum atomic E-state index is 0. The molecule has 1 aromatic carbocycles. The van der Waals surface area contributed by atoms with E-state index in [2.05, 4.69) is 71.6 Å². The molecule has 0 bridgehead atoms. The van der Waals surface area contributed by atoms with Crippen LogP contribution in [-0.2, 0) is 67.0 Å². The molecule has 182 valence electrons. The normalized spacial score (nSPS) is 12.1. The fourth-order valence-electron chi connectivity index (χ4n) is 2.60. The smallest absolute Gasteiger partial charge is 0.0424 e. The van der Waals surface area contributed by atoms with Gasteiger partial charge in [0.2, 0.25) is 0 Å². The van der Waals surface area contributed by atoms with Crippen molar-refractivity contribution in [2.45, 2.75) is 71.8 Å². The summed E-state index contributed by atoms with van der Waals surface area (Å²) in [5.74, 6) is 0. The van der Waals surface area contributed by atoms with Crippen molar-refractivity contribution < 1.29 is 16.5 Å². The number of nitrogens with zero attached hydrogens (tertiary/aromatic N) is 1. The quantitative estimate of drug-likeness (QED) is 0.207. The van der Waals surface area contributed by atoms with Gasteiger partial charge in [-0.3, -0.25) is 0 Å². The van der Waals surface area contributed by atoms with Crippen LogP contribution in [0.2, 0.25) is 0 Å². The van der Waals surface area contributed by atoms with Crippen molar-refractivity contribution in [2.24, 2.45) is 0 Å². The maximum atomic E-state index is 5.37. The Bertz CT molecular complexity index is 665. The van der Waals surface area contributed by atoms with Gasteiger partial charge in [0.25, 0.3) is 0 Å². The zero-order valence-corrected chi connectivity index (χ0v) is 25.4. The second-order valence-electron chi connectivity index (χ2n) is 7.40. The molecule has 0 aliphatic rings. The first kappa shape index (κ1) is 33.7. The van der Waals surface area contributed by atoms with Crippen LogP contribution < -0.4 is 4.90 Å². The predicted molar refractivity (Wildman–Crippen MR) is 154 cm³/mol. The fourth-order valence-corrected chi connectivity index (χ4v) is 5.67. The molecule has 0 saturated carbocycles. The van der Waals surface area contributed by atoms with Crippen molar-refractivity contribution in [2.75, 3.05) is 18.0 Å². The van der Waals surface area contributed by atoms with Crippen molar-refractivity contribution in [1.82, 2.24) is 0 Å². The minimum Gasteiger partial charge on any atom is -0.789 e. The fraction of sp³-hybridized carbons (Fsp3) is 0.565.